The second kappa shape index (κ2) is 13.9. The summed E-state index contributed by atoms with van der Waals surface area (Å²) in [4.78, 5) is 24.1. The molecule has 1 N–H and O–H groups in total. The standard InChI is InChI=1S/C32H35N3O9S3/c1-41-25-9-11-26(12-10-25)47(39,40)35-16-15-32(46(37,38)19-17-35,20-30(36)34-44-31-4-2-3-18-42-31)29-14-13-28(45-29)24-7-5-23(6-8-24)27-21-33-22-43-27/h5-14,21-22,31H,2-4,15-20H2,1H3,(H,34,36). The molecule has 47 heavy (non-hydrogen) atoms. The molecule has 0 saturated carbocycles. The molecule has 250 valence electrons. The van der Waals surface area contributed by atoms with Crippen LogP contribution in [0.25, 0.3) is 21.8 Å². The van der Waals surface area contributed by atoms with Crippen molar-refractivity contribution >= 4 is 37.1 Å². The Hall–Kier alpha value is -3.60. The Morgan fingerprint density at radius 3 is 2.51 bits per heavy atom. The maximum absolute atomic E-state index is 14.3. The van der Waals surface area contributed by atoms with Gasteiger partial charge < -0.3 is 13.9 Å². The van der Waals surface area contributed by atoms with E-state index in [-0.39, 0.29) is 24.4 Å². The fraction of sp³-hybridized carbons (Fsp3) is 0.375. The molecule has 2 fully saturated rings. The van der Waals surface area contributed by atoms with E-state index in [9.17, 15) is 21.6 Å². The molecule has 4 heterocycles. The van der Waals surface area contributed by atoms with E-state index in [1.807, 2.05) is 30.3 Å². The number of nitrogens with one attached hydrogen (secondary N) is 1. The van der Waals surface area contributed by atoms with Crippen molar-refractivity contribution in [2.24, 2.45) is 0 Å². The maximum Gasteiger partial charge on any atom is 0.245 e. The third-order valence-corrected chi connectivity index (χ3v) is 14.4. The van der Waals surface area contributed by atoms with Crippen LogP contribution < -0.4 is 10.2 Å². The Morgan fingerprint density at radius 1 is 1.06 bits per heavy atom. The number of benzene rings is 2. The zero-order valence-electron chi connectivity index (χ0n) is 25.7. The number of carbonyl (C=O) groups excluding carboxylic acids is 1. The molecule has 0 radical (unpaired) electrons. The van der Waals surface area contributed by atoms with Gasteiger partial charge in [-0.2, -0.15) is 4.31 Å². The number of aromatic nitrogens is 1. The summed E-state index contributed by atoms with van der Waals surface area (Å²) in [6, 6.07) is 17.0. The third-order valence-electron chi connectivity index (χ3n) is 8.50. The molecule has 6 rings (SSSR count). The number of nitrogens with zero attached hydrogens (tertiary/aromatic N) is 2. The molecule has 2 atom stereocenters. The maximum atomic E-state index is 14.3. The van der Waals surface area contributed by atoms with Crippen LogP contribution in [0, 0.1) is 0 Å². The molecular weight excluding hydrogens is 667 g/mol. The number of hydrogen-bond donors (Lipinski definition) is 1. The number of sulfone groups is 1. The van der Waals surface area contributed by atoms with Gasteiger partial charge in [-0.1, -0.05) is 24.3 Å². The number of thiophene rings is 1. The van der Waals surface area contributed by atoms with Crippen molar-refractivity contribution in [2.45, 2.75) is 48.0 Å². The van der Waals surface area contributed by atoms with Gasteiger partial charge >= 0.3 is 0 Å². The van der Waals surface area contributed by atoms with Gasteiger partial charge in [0.25, 0.3) is 0 Å². The first kappa shape index (κ1) is 33.3. The second-order valence-electron chi connectivity index (χ2n) is 11.4. The van der Waals surface area contributed by atoms with Crippen LogP contribution in [-0.4, -0.2) is 70.9 Å². The van der Waals surface area contributed by atoms with E-state index in [1.165, 1.54) is 53.4 Å². The van der Waals surface area contributed by atoms with Crippen molar-refractivity contribution in [3.63, 3.8) is 0 Å². The van der Waals surface area contributed by atoms with Crippen LogP contribution in [-0.2, 0) is 39.0 Å². The first-order chi connectivity index (χ1) is 22.6. The summed E-state index contributed by atoms with van der Waals surface area (Å²) < 4.78 is 71.5. The molecule has 2 aliphatic heterocycles. The summed E-state index contributed by atoms with van der Waals surface area (Å²) in [6.45, 7) is 0.134. The summed E-state index contributed by atoms with van der Waals surface area (Å²) in [5, 5.41) is 0. The highest BCUT2D eigenvalue weighted by Gasteiger charge is 2.50. The number of oxazole rings is 1. The Morgan fingerprint density at radius 2 is 1.83 bits per heavy atom. The lowest BCUT2D eigenvalue weighted by molar-refractivity contribution is -0.200. The van der Waals surface area contributed by atoms with Crippen LogP contribution in [0.15, 0.2) is 82.6 Å². The highest BCUT2D eigenvalue weighted by Crippen LogP contribution is 2.46. The number of hydrogen-bond acceptors (Lipinski definition) is 11. The quantitative estimate of drug-likeness (QED) is 0.229. The van der Waals surface area contributed by atoms with E-state index in [0.717, 1.165) is 28.8 Å². The number of ether oxygens (including phenoxy) is 2. The van der Waals surface area contributed by atoms with Crippen LogP contribution >= 0.6 is 11.3 Å². The van der Waals surface area contributed by atoms with E-state index >= 15 is 0 Å². The molecule has 0 spiro atoms. The van der Waals surface area contributed by atoms with Crippen LogP contribution in [0.1, 0.15) is 37.0 Å². The number of amides is 1. The molecule has 2 unspecified atom stereocenters. The van der Waals surface area contributed by atoms with E-state index in [0.29, 0.717) is 29.4 Å². The second-order valence-corrected chi connectivity index (χ2v) is 16.8. The van der Waals surface area contributed by atoms with Crippen molar-refractivity contribution < 1.29 is 40.4 Å². The molecule has 2 aromatic heterocycles. The van der Waals surface area contributed by atoms with Gasteiger partial charge in [-0.25, -0.2) is 32.1 Å². The average Bonchev–Trinajstić information content (AvgIpc) is 3.79. The SMILES string of the molecule is COc1ccc(S(=O)(=O)N2CCC(CC(=O)NOC3CCCCO3)(c3ccc(-c4ccc(-c5cnco5)cc4)s3)S(=O)(=O)CC2)cc1. The van der Waals surface area contributed by atoms with Gasteiger partial charge in [-0.15, -0.1) is 11.3 Å². The Kier molecular flexibility index (Phi) is 9.82. The molecule has 0 aliphatic carbocycles. The number of rotatable bonds is 10. The van der Waals surface area contributed by atoms with Gasteiger partial charge in [-0.05, 0) is 61.2 Å². The van der Waals surface area contributed by atoms with Crippen molar-refractivity contribution in [3.8, 4) is 27.5 Å². The fourth-order valence-electron chi connectivity index (χ4n) is 5.82. The van der Waals surface area contributed by atoms with Crippen LogP contribution in [0.4, 0.5) is 0 Å². The van der Waals surface area contributed by atoms with E-state index < -0.39 is 49.0 Å². The van der Waals surface area contributed by atoms with Crippen LogP contribution in [0.2, 0.25) is 0 Å². The molecule has 0 bridgehead atoms. The predicted octanol–water partition coefficient (Wildman–Crippen LogP) is 4.75. The van der Waals surface area contributed by atoms with E-state index in [1.54, 1.807) is 12.3 Å². The monoisotopic (exact) mass is 701 g/mol. The molecular formula is C32H35N3O9S3. The third kappa shape index (κ3) is 7.00. The Balaban J connectivity index is 1.31. The van der Waals surface area contributed by atoms with Gasteiger partial charge in [0.2, 0.25) is 15.9 Å². The van der Waals surface area contributed by atoms with E-state index in [4.69, 9.17) is 18.7 Å². The van der Waals surface area contributed by atoms with Crippen molar-refractivity contribution in [3.05, 3.63) is 78.1 Å². The minimum absolute atomic E-state index is 0.0222. The largest absolute Gasteiger partial charge is 0.497 e. The number of methoxy groups -OCH3 is 1. The molecule has 2 aromatic carbocycles. The van der Waals surface area contributed by atoms with Gasteiger partial charge in [0.1, 0.15) is 10.5 Å². The number of carbonyl (C=O) groups is 1. The zero-order chi connectivity index (χ0) is 33.1. The van der Waals surface area contributed by atoms with Gasteiger partial charge in [0.15, 0.2) is 28.3 Å². The van der Waals surface area contributed by atoms with Gasteiger partial charge in [0.05, 0.1) is 30.4 Å². The van der Waals surface area contributed by atoms with Crippen molar-refractivity contribution in [1.29, 1.82) is 0 Å². The smallest absolute Gasteiger partial charge is 0.245 e. The van der Waals surface area contributed by atoms with Crippen LogP contribution in [0.3, 0.4) is 0 Å². The first-order valence-electron chi connectivity index (χ1n) is 15.1. The Labute approximate surface area is 277 Å². The van der Waals surface area contributed by atoms with Crippen molar-refractivity contribution in [1.82, 2.24) is 14.8 Å². The molecule has 1 amide bonds. The minimum Gasteiger partial charge on any atom is -0.497 e. The zero-order valence-corrected chi connectivity index (χ0v) is 28.1. The van der Waals surface area contributed by atoms with E-state index in [2.05, 4.69) is 10.5 Å². The fourth-order valence-corrected chi connectivity index (χ4v) is 11.0. The Bertz CT molecular complexity index is 1890. The lowest BCUT2D eigenvalue weighted by Crippen LogP contribution is -2.43. The molecule has 12 nitrogen and oxygen atoms in total. The molecule has 2 saturated heterocycles. The molecule has 4 aromatic rings. The summed E-state index contributed by atoms with van der Waals surface area (Å²) in [6.07, 6.45) is 4.15. The molecule has 15 heteroatoms. The number of sulfonamides is 1. The van der Waals surface area contributed by atoms with Crippen molar-refractivity contribution in [2.75, 3.05) is 32.6 Å². The lowest BCUT2D eigenvalue weighted by Gasteiger charge is -2.31. The molecule has 2 aliphatic rings. The number of hydroxylamine groups is 1. The predicted molar refractivity (Wildman–Crippen MR) is 175 cm³/mol. The normalized spacial score (nSPS) is 21.9. The summed E-state index contributed by atoms with van der Waals surface area (Å²) >= 11 is 1.26. The van der Waals surface area contributed by atoms with Gasteiger partial charge in [-0.3, -0.25) is 4.79 Å². The highest BCUT2D eigenvalue weighted by molar-refractivity contribution is 7.92. The first-order valence-corrected chi connectivity index (χ1v) is 19.0. The summed E-state index contributed by atoms with van der Waals surface area (Å²) in [7, 11) is -6.65. The van der Waals surface area contributed by atoms with Crippen LogP contribution in [0.5, 0.6) is 5.75 Å². The van der Waals surface area contributed by atoms with Gasteiger partial charge in [0, 0.05) is 41.4 Å². The lowest BCUT2D eigenvalue weighted by atomic mass is 9.97. The minimum atomic E-state index is -4.09. The summed E-state index contributed by atoms with van der Waals surface area (Å²) in [5.74, 6) is 0.00402. The topological polar surface area (TPSA) is 154 Å². The summed E-state index contributed by atoms with van der Waals surface area (Å²) in [5.41, 5.74) is 4.09. The highest BCUT2D eigenvalue weighted by atomic mass is 32.2. The average molecular weight is 702 g/mol.